The number of amides is 1. The van der Waals surface area contributed by atoms with Gasteiger partial charge in [0.1, 0.15) is 0 Å². The highest BCUT2D eigenvalue weighted by Crippen LogP contribution is 2.10. The highest BCUT2D eigenvalue weighted by molar-refractivity contribution is 5.94. The Morgan fingerprint density at radius 1 is 1.30 bits per heavy atom. The van der Waals surface area contributed by atoms with E-state index in [1.165, 1.54) is 0 Å². The van der Waals surface area contributed by atoms with E-state index in [0.29, 0.717) is 18.0 Å². The van der Waals surface area contributed by atoms with Crippen LogP contribution in [-0.4, -0.2) is 18.5 Å². The van der Waals surface area contributed by atoms with Gasteiger partial charge in [-0.2, -0.15) is 0 Å². The van der Waals surface area contributed by atoms with Gasteiger partial charge in [0.25, 0.3) is 5.91 Å². The number of hydrogen-bond acceptors (Lipinski definition) is 2. The highest BCUT2D eigenvalue weighted by atomic mass is 16.1. The van der Waals surface area contributed by atoms with Gasteiger partial charge in [0.2, 0.25) is 0 Å². The van der Waals surface area contributed by atoms with E-state index in [4.69, 9.17) is 5.73 Å². The predicted molar refractivity (Wildman–Crippen MR) is 83.4 cm³/mol. The zero-order valence-corrected chi connectivity index (χ0v) is 12.6. The molecule has 0 heterocycles. The first-order valence-electron chi connectivity index (χ1n) is 7.16. The van der Waals surface area contributed by atoms with Gasteiger partial charge in [-0.05, 0) is 43.5 Å². The Balaban J connectivity index is 2.59. The van der Waals surface area contributed by atoms with E-state index in [2.05, 4.69) is 31.0 Å². The molecule has 0 aromatic heterocycles. The molecule has 0 fully saturated rings. The van der Waals surface area contributed by atoms with E-state index < -0.39 is 0 Å². The van der Waals surface area contributed by atoms with E-state index in [-0.39, 0.29) is 11.9 Å². The summed E-state index contributed by atoms with van der Waals surface area (Å²) in [5.41, 5.74) is 6.86. The maximum absolute atomic E-state index is 12.1. The summed E-state index contributed by atoms with van der Waals surface area (Å²) in [6, 6.07) is 7.47. The Kier molecular flexibility index (Phi) is 6.83. The van der Waals surface area contributed by atoms with Crippen LogP contribution in [0.2, 0.25) is 0 Å². The lowest BCUT2D eigenvalue weighted by molar-refractivity contribution is 0.0935. The fraction of sp³-hybridized carbons (Fsp3) is 0.471. The minimum atomic E-state index is -0.0286. The third-order valence-electron chi connectivity index (χ3n) is 3.31. The Morgan fingerprint density at radius 2 is 1.95 bits per heavy atom. The van der Waals surface area contributed by atoms with Crippen molar-refractivity contribution in [1.82, 2.24) is 5.32 Å². The summed E-state index contributed by atoms with van der Waals surface area (Å²) in [6.45, 7) is 6.76. The maximum Gasteiger partial charge on any atom is 0.251 e. The lowest BCUT2D eigenvalue weighted by Crippen LogP contribution is -2.33. The topological polar surface area (TPSA) is 55.1 Å². The minimum absolute atomic E-state index is 0.0286. The van der Waals surface area contributed by atoms with Crippen molar-refractivity contribution in [2.45, 2.75) is 39.7 Å². The first-order chi connectivity index (χ1) is 9.56. The molecule has 0 bridgehead atoms. The third kappa shape index (κ3) is 5.46. The largest absolute Gasteiger partial charge is 0.350 e. The SMILES string of the molecule is CCC(C)CC(C)NC(=O)c1ccc(C#CCN)cc1. The second-order valence-corrected chi connectivity index (χ2v) is 5.21. The lowest BCUT2D eigenvalue weighted by atomic mass is 10.00. The Morgan fingerprint density at radius 3 is 2.50 bits per heavy atom. The number of hydrogen-bond donors (Lipinski definition) is 2. The van der Waals surface area contributed by atoms with Crippen LogP contribution in [0, 0.1) is 17.8 Å². The lowest BCUT2D eigenvalue weighted by Gasteiger charge is -2.17. The van der Waals surface area contributed by atoms with Gasteiger partial charge in [0, 0.05) is 17.2 Å². The second-order valence-electron chi connectivity index (χ2n) is 5.21. The van der Waals surface area contributed by atoms with Crippen molar-refractivity contribution in [2.75, 3.05) is 6.54 Å². The van der Waals surface area contributed by atoms with Crippen LogP contribution in [0.25, 0.3) is 0 Å². The van der Waals surface area contributed by atoms with E-state index in [0.717, 1.165) is 18.4 Å². The fourth-order valence-electron chi connectivity index (χ4n) is 1.99. The van der Waals surface area contributed by atoms with Crippen molar-refractivity contribution >= 4 is 5.91 Å². The number of carbonyl (C=O) groups is 1. The van der Waals surface area contributed by atoms with Crippen molar-refractivity contribution in [3.8, 4) is 11.8 Å². The first kappa shape index (κ1) is 16.3. The molecule has 3 nitrogen and oxygen atoms in total. The standard InChI is InChI=1S/C17H24N2O/c1-4-13(2)12-14(3)19-17(20)16-9-7-15(8-10-16)6-5-11-18/h7-10,13-14H,4,11-12,18H2,1-3H3,(H,19,20). The summed E-state index contributed by atoms with van der Waals surface area (Å²) in [4.78, 5) is 12.1. The van der Waals surface area contributed by atoms with Crippen LogP contribution in [0.5, 0.6) is 0 Å². The summed E-state index contributed by atoms with van der Waals surface area (Å²) in [7, 11) is 0. The molecular formula is C17H24N2O. The van der Waals surface area contributed by atoms with Crippen molar-refractivity contribution < 1.29 is 4.79 Å². The van der Waals surface area contributed by atoms with Crippen molar-refractivity contribution in [1.29, 1.82) is 0 Å². The molecule has 1 rings (SSSR count). The predicted octanol–water partition coefficient (Wildman–Crippen LogP) is 2.55. The molecule has 1 aromatic rings. The summed E-state index contributed by atoms with van der Waals surface area (Å²) < 4.78 is 0. The maximum atomic E-state index is 12.1. The van der Waals surface area contributed by atoms with Gasteiger partial charge in [-0.15, -0.1) is 0 Å². The van der Waals surface area contributed by atoms with E-state index >= 15 is 0 Å². The Hall–Kier alpha value is -1.79. The molecule has 3 N–H and O–H groups in total. The molecule has 1 amide bonds. The first-order valence-corrected chi connectivity index (χ1v) is 7.16. The molecule has 0 saturated heterocycles. The van der Waals surface area contributed by atoms with Gasteiger partial charge in [-0.3, -0.25) is 4.79 Å². The molecule has 3 heteroatoms. The van der Waals surface area contributed by atoms with Gasteiger partial charge < -0.3 is 11.1 Å². The Labute approximate surface area is 121 Å². The molecule has 0 radical (unpaired) electrons. The summed E-state index contributed by atoms with van der Waals surface area (Å²) in [6.07, 6.45) is 2.14. The number of nitrogens with two attached hydrogens (primary N) is 1. The van der Waals surface area contributed by atoms with Crippen LogP contribution >= 0.6 is 0 Å². The van der Waals surface area contributed by atoms with Crippen molar-refractivity contribution in [3.63, 3.8) is 0 Å². The molecule has 0 aliphatic carbocycles. The zero-order valence-electron chi connectivity index (χ0n) is 12.6. The van der Waals surface area contributed by atoms with Crippen LogP contribution in [0.15, 0.2) is 24.3 Å². The summed E-state index contributed by atoms with van der Waals surface area (Å²) in [5, 5.41) is 3.03. The zero-order chi connectivity index (χ0) is 15.0. The summed E-state index contributed by atoms with van der Waals surface area (Å²) >= 11 is 0. The number of rotatable bonds is 5. The van der Waals surface area contributed by atoms with Gasteiger partial charge >= 0.3 is 0 Å². The molecule has 0 saturated carbocycles. The minimum Gasteiger partial charge on any atom is -0.350 e. The third-order valence-corrected chi connectivity index (χ3v) is 3.31. The molecule has 0 aliphatic heterocycles. The number of nitrogens with one attached hydrogen (secondary N) is 1. The van der Waals surface area contributed by atoms with Crippen LogP contribution in [0.1, 0.15) is 49.5 Å². The Bertz CT molecular complexity index is 482. The smallest absolute Gasteiger partial charge is 0.251 e. The van der Waals surface area contributed by atoms with Gasteiger partial charge in [-0.25, -0.2) is 0 Å². The van der Waals surface area contributed by atoms with Crippen LogP contribution in [0.4, 0.5) is 0 Å². The second kappa shape index (κ2) is 8.39. The van der Waals surface area contributed by atoms with Gasteiger partial charge in [-0.1, -0.05) is 32.1 Å². The molecule has 2 atom stereocenters. The normalized spacial score (nSPS) is 13.0. The van der Waals surface area contributed by atoms with Crippen molar-refractivity contribution in [3.05, 3.63) is 35.4 Å². The average molecular weight is 272 g/mol. The fourth-order valence-corrected chi connectivity index (χ4v) is 1.99. The molecule has 20 heavy (non-hydrogen) atoms. The van der Waals surface area contributed by atoms with Crippen LogP contribution < -0.4 is 11.1 Å². The highest BCUT2D eigenvalue weighted by Gasteiger charge is 2.11. The molecule has 2 unspecified atom stereocenters. The molecule has 0 aliphatic rings. The number of carbonyl (C=O) groups excluding carboxylic acids is 1. The van der Waals surface area contributed by atoms with E-state index in [9.17, 15) is 4.79 Å². The van der Waals surface area contributed by atoms with Crippen LogP contribution in [-0.2, 0) is 0 Å². The number of benzene rings is 1. The van der Waals surface area contributed by atoms with Crippen molar-refractivity contribution in [2.24, 2.45) is 11.7 Å². The molecular weight excluding hydrogens is 248 g/mol. The van der Waals surface area contributed by atoms with E-state index in [1.807, 2.05) is 19.1 Å². The van der Waals surface area contributed by atoms with E-state index in [1.54, 1.807) is 12.1 Å². The molecule has 0 spiro atoms. The molecule has 108 valence electrons. The monoisotopic (exact) mass is 272 g/mol. The average Bonchev–Trinajstić information content (AvgIpc) is 2.45. The van der Waals surface area contributed by atoms with Crippen LogP contribution in [0.3, 0.4) is 0 Å². The summed E-state index contributed by atoms with van der Waals surface area (Å²) in [5.74, 6) is 6.32. The quantitative estimate of drug-likeness (QED) is 0.809. The van der Waals surface area contributed by atoms with Gasteiger partial charge in [0.15, 0.2) is 0 Å². The molecule has 1 aromatic carbocycles. The van der Waals surface area contributed by atoms with Gasteiger partial charge in [0.05, 0.1) is 6.54 Å².